The Morgan fingerprint density at radius 1 is 1.04 bits per heavy atom. The van der Waals surface area contributed by atoms with Gasteiger partial charge in [0.2, 0.25) is 0 Å². The molecule has 0 atom stereocenters. The average molecular weight is 338 g/mol. The Balaban J connectivity index is 1.63. The van der Waals surface area contributed by atoms with Gasteiger partial charge in [0.05, 0.1) is 24.4 Å². The first-order valence-corrected chi connectivity index (χ1v) is 8.24. The van der Waals surface area contributed by atoms with Crippen LogP contribution in [0.3, 0.4) is 0 Å². The standard InChI is InChI=1S/C19H16ClN3O/c20-19-15(10-11-24-18-9-5-4-8-16(18)19)12-23-13-17(21-22-23)14-6-2-1-3-7-14/h1-9,13H,10-12H2. The van der Waals surface area contributed by atoms with Crippen molar-refractivity contribution in [2.75, 3.05) is 6.61 Å². The van der Waals surface area contributed by atoms with Crippen molar-refractivity contribution in [1.29, 1.82) is 0 Å². The smallest absolute Gasteiger partial charge is 0.128 e. The molecule has 0 radical (unpaired) electrons. The Labute approximate surface area is 145 Å². The molecule has 3 aromatic rings. The fourth-order valence-electron chi connectivity index (χ4n) is 2.82. The SMILES string of the molecule is ClC1=C(Cn2cc(-c3ccccc3)nn2)CCOc2ccccc21. The Kier molecular flexibility index (Phi) is 4.05. The molecule has 1 aromatic heterocycles. The van der Waals surface area contributed by atoms with E-state index in [2.05, 4.69) is 10.3 Å². The van der Waals surface area contributed by atoms with Crippen molar-refractivity contribution in [3.8, 4) is 17.0 Å². The summed E-state index contributed by atoms with van der Waals surface area (Å²) >= 11 is 6.63. The highest BCUT2D eigenvalue weighted by atomic mass is 35.5. The number of aromatic nitrogens is 3. The van der Waals surface area contributed by atoms with Gasteiger partial charge in [-0.05, 0) is 17.7 Å². The van der Waals surface area contributed by atoms with E-state index in [1.807, 2.05) is 65.5 Å². The van der Waals surface area contributed by atoms with Crippen LogP contribution in [0.4, 0.5) is 0 Å². The normalized spacial score (nSPS) is 14.0. The summed E-state index contributed by atoms with van der Waals surface area (Å²) in [5.41, 5.74) is 3.96. The lowest BCUT2D eigenvalue weighted by molar-refractivity contribution is 0.321. The summed E-state index contributed by atoms with van der Waals surface area (Å²) < 4.78 is 7.62. The molecular weight excluding hydrogens is 322 g/mol. The molecule has 0 N–H and O–H groups in total. The molecule has 0 saturated heterocycles. The number of hydrogen-bond donors (Lipinski definition) is 0. The van der Waals surface area contributed by atoms with E-state index in [0.29, 0.717) is 13.2 Å². The summed E-state index contributed by atoms with van der Waals surface area (Å²) in [7, 11) is 0. The van der Waals surface area contributed by atoms with Crippen LogP contribution < -0.4 is 4.74 Å². The van der Waals surface area contributed by atoms with Crippen molar-refractivity contribution in [1.82, 2.24) is 15.0 Å². The zero-order valence-corrected chi connectivity index (χ0v) is 13.8. The highest BCUT2D eigenvalue weighted by Gasteiger charge is 2.17. The molecule has 0 fully saturated rings. The van der Waals surface area contributed by atoms with Gasteiger partial charge in [0.25, 0.3) is 0 Å². The molecule has 0 amide bonds. The molecule has 0 bridgehead atoms. The number of halogens is 1. The van der Waals surface area contributed by atoms with Gasteiger partial charge in [0, 0.05) is 17.5 Å². The predicted molar refractivity (Wildman–Crippen MR) is 94.8 cm³/mol. The van der Waals surface area contributed by atoms with Crippen LogP contribution in [0.5, 0.6) is 5.75 Å². The van der Waals surface area contributed by atoms with Crippen LogP contribution in [-0.4, -0.2) is 21.6 Å². The summed E-state index contributed by atoms with van der Waals surface area (Å²) in [5, 5.41) is 9.25. The van der Waals surface area contributed by atoms with Crippen LogP contribution in [0.2, 0.25) is 0 Å². The third-order valence-corrected chi connectivity index (χ3v) is 4.53. The topological polar surface area (TPSA) is 39.9 Å². The maximum absolute atomic E-state index is 6.63. The number of nitrogens with zero attached hydrogens (tertiary/aromatic N) is 3. The van der Waals surface area contributed by atoms with Gasteiger partial charge in [-0.25, -0.2) is 4.68 Å². The van der Waals surface area contributed by atoms with Crippen molar-refractivity contribution in [2.45, 2.75) is 13.0 Å². The summed E-state index contributed by atoms with van der Waals surface area (Å²) in [6.45, 7) is 1.22. The van der Waals surface area contributed by atoms with E-state index in [4.69, 9.17) is 16.3 Å². The van der Waals surface area contributed by atoms with Crippen molar-refractivity contribution in [3.63, 3.8) is 0 Å². The quantitative estimate of drug-likeness (QED) is 0.712. The van der Waals surface area contributed by atoms with Crippen LogP contribution in [0, 0.1) is 0 Å². The third kappa shape index (κ3) is 2.93. The molecule has 5 heteroatoms. The number of rotatable bonds is 3. The Hall–Kier alpha value is -2.59. The molecule has 2 heterocycles. The lowest BCUT2D eigenvalue weighted by Gasteiger charge is -2.07. The second-order valence-electron chi connectivity index (χ2n) is 5.68. The highest BCUT2D eigenvalue weighted by molar-refractivity contribution is 6.49. The Bertz CT molecular complexity index is 886. The molecule has 0 spiro atoms. The summed E-state index contributed by atoms with van der Waals surface area (Å²) in [6.07, 6.45) is 2.72. The second-order valence-corrected chi connectivity index (χ2v) is 6.06. The molecule has 1 aliphatic heterocycles. The van der Waals surface area contributed by atoms with Crippen molar-refractivity contribution in [3.05, 3.63) is 71.9 Å². The van der Waals surface area contributed by atoms with E-state index in [9.17, 15) is 0 Å². The van der Waals surface area contributed by atoms with Gasteiger partial charge < -0.3 is 4.74 Å². The van der Waals surface area contributed by atoms with Crippen molar-refractivity contribution >= 4 is 16.6 Å². The van der Waals surface area contributed by atoms with Crippen molar-refractivity contribution in [2.24, 2.45) is 0 Å². The highest BCUT2D eigenvalue weighted by Crippen LogP contribution is 2.35. The van der Waals surface area contributed by atoms with Gasteiger partial charge in [-0.3, -0.25) is 0 Å². The van der Waals surface area contributed by atoms with Crippen molar-refractivity contribution < 1.29 is 4.74 Å². The van der Waals surface area contributed by atoms with E-state index >= 15 is 0 Å². The Morgan fingerprint density at radius 2 is 1.83 bits per heavy atom. The fourth-order valence-corrected chi connectivity index (χ4v) is 3.13. The Morgan fingerprint density at radius 3 is 2.71 bits per heavy atom. The molecule has 4 nitrogen and oxygen atoms in total. The number of para-hydroxylation sites is 1. The largest absolute Gasteiger partial charge is 0.493 e. The maximum Gasteiger partial charge on any atom is 0.128 e. The number of fused-ring (bicyclic) bond motifs is 1. The van der Waals surface area contributed by atoms with Gasteiger partial charge >= 0.3 is 0 Å². The summed E-state index contributed by atoms with van der Waals surface area (Å²) in [5.74, 6) is 0.834. The maximum atomic E-state index is 6.63. The monoisotopic (exact) mass is 337 g/mol. The van der Waals surface area contributed by atoms with E-state index in [1.165, 1.54) is 0 Å². The zero-order chi connectivity index (χ0) is 16.4. The van der Waals surface area contributed by atoms with E-state index in [0.717, 1.165) is 39.6 Å². The van der Waals surface area contributed by atoms with Gasteiger partial charge in [-0.1, -0.05) is 59.3 Å². The molecular formula is C19H16ClN3O. The second kappa shape index (κ2) is 6.49. The zero-order valence-electron chi connectivity index (χ0n) is 13.0. The molecule has 120 valence electrons. The van der Waals surface area contributed by atoms with Crippen LogP contribution in [0.15, 0.2) is 66.4 Å². The first kappa shape index (κ1) is 15.0. The van der Waals surface area contributed by atoms with Gasteiger partial charge in [-0.15, -0.1) is 5.10 Å². The summed E-state index contributed by atoms with van der Waals surface area (Å²) in [4.78, 5) is 0. The summed E-state index contributed by atoms with van der Waals surface area (Å²) in [6, 6.07) is 17.9. The molecule has 0 unspecified atom stereocenters. The predicted octanol–water partition coefficient (Wildman–Crippen LogP) is 4.38. The van der Waals surface area contributed by atoms with Gasteiger partial charge in [0.1, 0.15) is 11.4 Å². The van der Waals surface area contributed by atoms with Crippen LogP contribution in [0.25, 0.3) is 16.3 Å². The van der Waals surface area contributed by atoms with Crippen LogP contribution in [0.1, 0.15) is 12.0 Å². The van der Waals surface area contributed by atoms with E-state index < -0.39 is 0 Å². The number of benzene rings is 2. The molecule has 4 rings (SSSR count). The first-order chi connectivity index (χ1) is 11.8. The molecule has 24 heavy (non-hydrogen) atoms. The van der Waals surface area contributed by atoms with E-state index in [-0.39, 0.29) is 0 Å². The lowest BCUT2D eigenvalue weighted by Crippen LogP contribution is -2.05. The lowest BCUT2D eigenvalue weighted by atomic mass is 10.1. The minimum atomic E-state index is 0.608. The molecule has 0 aliphatic carbocycles. The third-order valence-electron chi connectivity index (χ3n) is 4.06. The van der Waals surface area contributed by atoms with Crippen LogP contribution in [-0.2, 0) is 6.54 Å². The van der Waals surface area contributed by atoms with Gasteiger partial charge in [-0.2, -0.15) is 0 Å². The minimum absolute atomic E-state index is 0.608. The van der Waals surface area contributed by atoms with Crippen LogP contribution >= 0.6 is 11.6 Å². The van der Waals surface area contributed by atoms with Gasteiger partial charge in [0.15, 0.2) is 0 Å². The number of hydrogen-bond acceptors (Lipinski definition) is 3. The number of ether oxygens (including phenoxy) is 1. The molecule has 0 saturated carbocycles. The fraction of sp³-hybridized carbons (Fsp3) is 0.158. The van der Waals surface area contributed by atoms with E-state index in [1.54, 1.807) is 0 Å². The molecule has 2 aromatic carbocycles. The average Bonchev–Trinajstić information content (AvgIpc) is 3.04. The minimum Gasteiger partial charge on any atom is -0.493 e. The molecule has 1 aliphatic rings. The first-order valence-electron chi connectivity index (χ1n) is 7.86.